The van der Waals surface area contributed by atoms with Crippen molar-refractivity contribution in [3.8, 4) is 0 Å². The number of aliphatic hydroxyl groups is 1. The van der Waals surface area contributed by atoms with Crippen LogP contribution >= 0.6 is 0 Å². The Morgan fingerprint density at radius 1 is 1.00 bits per heavy atom. The van der Waals surface area contributed by atoms with E-state index in [4.69, 9.17) is 0 Å². The van der Waals surface area contributed by atoms with Gasteiger partial charge in [-0.2, -0.15) is 0 Å². The standard InChI is InChI=1S/C11H22N2O/c1-12-6-8-13(9-7-12)10-4-2-3-5-11(10)14/h10-11,14H,2-9H2,1H3/t10-,11+/m0/s1. The molecule has 82 valence electrons. The molecular weight excluding hydrogens is 176 g/mol. The zero-order valence-corrected chi connectivity index (χ0v) is 9.15. The van der Waals surface area contributed by atoms with Gasteiger partial charge in [0.2, 0.25) is 0 Å². The van der Waals surface area contributed by atoms with E-state index in [1.165, 1.54) is 19.3 Å². The van der Waals surface area contributed by atoms with Gasteiger partial charge < -0.3 is 10.0 Å². The van der Waals surface area contributed by atoms with Crippen LogP contribution in [0.15, 0.2) is 0 Å². The molecule has 0 aromatic rings. The van der Waals surface area contributed by atoms with E-state index in [1.807, 2.05) is 0 Å². The van der Waals surface area contributed by atoms with E-state index in [1.54, 1.807) is 0 Å². The molecule has 2 atom stereocenters. The smallest absolute Gasteiger partial charge is 0.0695 e. The third-order valence-corrected chi connectivity index (χ3v) is 3.70. The molecule has 2 rings (SSSR count). The lowest BCUT2D eigenvalue weighted by Gasteiger charge is -2.41. The molecular formula is C11H22N2O. The SMILES string of the molecule is CN1CCN([C@H]2CCCC[C@H]2O)CC1. The van der Waals surface area contributed by atoms with Gasteiger partial charge in [0.15, 0.2) is 0 Å². The summed E-state index contributed by atoms with van der Waals surface area (Å²) < 4.78 is 0. The second kappa shape index (κ2) is 4.60. The van der Waals surface area contributed by atoms with Crippen LogP contribution in [0.3, 0.4) is 0 Å². The van der Waals surface area contributed by atoms with Crippen molar-refractivity contribution in [1.29, 1.82) is 0 Å². The number of hydrogen-bond acceptors (Lipinski definition) is 3. The van der Waals surface area contributed by atoms with Crippen molar-refractivity contribution in [2.75, 3.05) is 33.2 Å². The second-order valence-corrected chi connectivity index (χ2v) is 4.76. The zero-order chi connectivity index (χ0) is 9.97. The van der Waals surface area contributed by atoms with Gasteiger partial charge in [-0.3, -0.25) is 4.90 Å². The third-order valence-electron chi connectivity index (χ3n) is 3.70. The number of likely N-dealkylation sites (N-methyl/N-ethyl adjacent to an activating group) is 1. The lowest BCUT2D eigenvalue weighted by atomic mass is 9.91. The number of rotatable bonds is 1. The summed E-state index contributed by atoms with van der Waals surface area (Å²) in [6, 6.07) is 0.456. The molecule has 0 aromatic carbocycles. The highest BCUT2D eigenvalue weighted by molar-refractivity contribution is 4.85. The summed E-state index contributed by atoms with van der Waals surface area (Å²) in [6.07, 6.45) is 4.66. The highest BCUT2D eigenvalue weighted by atomic mass is 16.3. The van der Waals surface area contributed by atoms with E-state index in [0.717, 1.165) is 32.6 Å². The normalized spacial score (nSPS) is 37.3. The van der Waals surface area contributed by atoms with Gasteiger partial charge in [0.05, 0.1) is 6.10 Å². The highest BCUT2D eigenvalue weighted by Crippen LogP contribution is 2.23. The Balaban J connectivity index is 1.87. The monoisotopic (exact) mass is 198 g/mol. The molecule has 0 unspecified atom stereocenters. The summed E-state index contributed by atoms with van der Waals surface area (Å²) >= 11 is 0. The summed E-state index contributed by atoms with van der Waals surface area (Å²) in [5.74, 6) is 0. The van der Waals surface area contributed by atoms with Crippen molar-refractivity contribution in [3.05, 3.63) is 0 Å². The van der Waals surface area contributed by atoms with Crippen LogP contribution in [-0.4, -0.2) is 60.3 Å². The Morgan fingerprint density at radius 2 is 1.64 bits per heavy atom. The maximum atomic E-state index is 9.93. The van der Waals surface area contributed by atoms with Crippen molar-refractivity contribution >= 4 is 0 Å². The molecule has 1 aliphatic carbocycles. The van der Waals surface area contributed by atoms with Gasteiger partial charge in [0.1, 0.15) is 0 Å². The third kappa shape index (κ3) is 2.27. The lowest BCUT2D eigenvalue weighted by Crippen LogP contribution is -2.53. The number of nitrogens with zero attached hydrogens (tertiary/aromatic N) is 2. The Hall–Kier alpha value is -0.120. The van der Waals surface area contributed by atoms with E-state index >= 15 is 0 Å². The Labute approximate surface area is 86.7 Å². The van der Waals surface area contributed by atoms with Crippen LogP contribution < -0.4 is 0 Å². The number of piperazine rings is 1. The minimum absolute atomic E-state index is 0.0628. The minimum Gasteiger partial charge on any atom is -0.391 e. The number of hydrogen-bond donors (Lipinski definition) is 1. The van der Waals surface area contributed by atoms with Gasteiger partial charge >= 0.3 is 0 Å². The molecule has 1 N–H and O–H groups in total. The molecule has 3 heteroatoms. The van der Waals surface area contributed by atoms with Crippen molar-refractivity contribution < 1.29 is 5.11 Å². The second-order valence-electron chi connectivity index (χ2n) is 4.76. The summed E-state index contributed by atoms with van der Waals surface area (Å²) in [6.45, 7) is 4.59. The van der Waals surface area contributed by atoms with Crippen LogP contribution in [-0.2, 0) is 0 Å². The fraction of sp³-hybridized carbons (Fsp3) is 1.00. The van der Waals surface area contributed by atoms with Crippen LogP contribution in [0.25, 0.3) is 0 Å². The van der Waals surface area contributed by atoms with Gasteiger partial charge in [-0.05, 0) is 19.9 Å². The van der Waals surface area contributed by atoms with Crippen LogP contribution in [0.5, 0.6) is 0 Å². The molecule has 1 aliphatic heterocycles. The van der Waals surface area contributed by atoms with Crippen LogP contribution in [0.1, 0.15) is 25.7 Å². The van der Waals surface area contributed by atoms with Crippen molar-refractivity contribution in [2.45, 2.75) is 37.8 Å². The van der Waals surface area contributed by atoms with Crippen molar-refractivity contribution in [2.24, 2.45) is 0 Å². The van der Waals surface area contributed by atoms with Gasteiger partial charge in [-0.1, -0.05) is 12.8 Å². The van der Waals surface area contributed by atoms with Crippen molar-refractivity contribution in [1.82, 2.24) is 9.80 Å². The first kappa shape index (κ1) is 10.4. The average Bonchev–Trinajstić information content (AvgIpc) is 2.20. The highest BCUT2D eigenvalue weighted by Gasteiger charge is 2.29. The molecule has 1 heterocycles. The van der Waals surface area contributed by atoms with Crippen LogP contribution in [0.4, 0.5) is 0 Å². The first-order valence-corrected chi connectivity index (χ1v) is 5.88. The predicted octanol–water partition coefficient (Wildman–Crippen LogP) is 0.537. The summed E-state index contributed by atoms with van der Waals surface area (Å²) in [4.78, 5) is 4.86. The van der Waals surface area contributed by atoms with E-state index < -0.39 is 0 Å². The van der Waals surface area contributed by atoms with Gasteiger partial charge in [0, 0.05) is 32.2 Å². The molecule has 0 aromatic heterocycles. The fourth-order valence-corrected chi connectivity index (χ4v) is 2.67. The summed E-state index contributed by atoms with van der Waals surface area (Å²) in [7, 11) is 2.18. The van der Waals surface area contributed by atoms with Gasteiger partial charge in [-0.25, -0.2) is 0 Å². The van der Waals surface area contributed by atoms with E-state index in [9.17, 15) is 5.11 Å². The van der Waals surface area contributed by atoms with Gasteiger partial charge in [-0.15, -0.1) is 0 Å². The predicted molar refractivity (Wildman–Crippen MR) is 57.3 cm³/mol. The molecule has 0 bridgehead atoms. The van der Waals surface area contributed by atoms with E-state index in [0.29, 0.717) is 6.04 Å². The lowest BCUT2D eigenvalue weighted by molar-refractivity contribution is 0.000159. The van der Waals surface area contributed by atoms with Crippen molar-refractivity contribution in [3.63, 3.8) is 0 Å². The molecule has 0 radical (unpaired) electrons. The maximum absolute atomic E-state index is 9.93. The molecule has 14 heavy (non-hydrogen) atoms. The van der Waals surface area contributed by atoms with Gasteiger partial charge in [0.25, 0.3) is 0 Å². The Bertz CT molecular complexity index is 178. The molecule has 1 saturated carbocycles. The minimum atomic E-state index is -0.0628. The molecule has 0 spiro atoms. The summed E-state index contributed by atoms with van der Waals surface area (Å²) in [5.41, 5.74) is 0. The Kier molecular flexibility index (Phi) is 3.42. The van der Waals surface area contributed by atoms with E-state index in [2.05, 4.69) is 16.8 Å². The number of aliphatic hydroxyl groups excluding tert-OH is 1. The molecule has 2 fully saturated rings. The topological polar surface area (TPSA) is 26.7 Å². The Morgan fingerprint density at radius 3 is 2.29 bits per heavy atom. The van der Waals surface area contributed by atoms with Crippen LogP contribution in [0, 0.1) is 0 Å². The first-order chi connectivity index (χ1) is 6.77. The quantitative estimate of drug-likeness (QED) is 0.666. The fourth-order valence-electron chi connectivity index (χ4n) is 2.67. The molecule has 1 saturated heterocycles. The largest absolute Gasteiger partial charge is 0.391 e. The summed E-state index contributed by atoms with van der Waals surface area (Å²) in [5, 5.41) is 9.93. The maximum Gasteiger partial charge on any atom is 0.0695 e. The molecule has 2 aliphatic rings. The van der Waals surface area contributed by atoms with Crippen LogP contribution in [0.2, 0.25) is 0 Å². The molecule has 3 nitrogen and oxygen atoms in total. The van der Waals surface area contributed by atoms with E-state index in [-0.39, 0.29) is 6.10 Å². The first-order valence-electron chi connectivity index (χ1n) is 5.88. The average molecular weight is 198 g/mol. The zero-order valence-electron chi connectivity index (χ0n) is 9.15. The molecule has 0 amide bonds.